The van der Waals surface area contributed by atoms with Crippen LogP contribution in [0.1, 0.15) is 12.5 Å². The topological polar surface area (TPSA) is 49.8 Å². The van der Waals surface area contributed by atoms with E-state index in [1.807, 2.05) is 30.3 Å². The van der Waals surface area contributed by atoms with E-state index >= 15 is 0 Å². The molecule has 0 saturated heterocycles. The number of rotatable bonds is 1. The SMILES string of the molecule is CC(N)(C#N)c1ccc(Br)cc1. The lowest BCUT2D eigenvalue weighted by Gasteiger charge is -2.15. The quantitative estimate of drug-likeness (QED) is 0.795. The van der Waals surface area contributed by atoms with Crippen LogP contribution in [0.15, 0.2) is 28.7 Å². The Labute approximate surface area is 80.1 Å². The van der Waals surface area contributed by atoms with Crippen LogP contribution >= 0.6 is 15.9 Å². The van der Waals surface area contributed by atoms with Crippen molar-refractivity contribution in [2.75, 3.05) is 0 Å². The summed E-state index contributed by atoms with van der Waals surface area (Å²) in [5.74, 6) is 0. The van der Waals surface area contributed by atoms with Gasteiger partial charge in [-0.25, -0.2) is 0 Å². The molecule has 0 saturated carbocycles. The molecule has 1 aromatic rings. The van der Waals surface area contributed by atoms with Gasteiger partial charge in [0.1, 0.15) is 5.54 Å². The number of hydrogen-bond donors (Lipinski definition) is 1. The van der Waals surface area contributed by atoms with E-state index in [1.165, 1.54) is 0 Å². The number of nitriles is 1. The maximum absolute atomic E-state index is 8.73. The highest BCUT2D eigenvalue weighted by atomic mass is 79.9. The molecule has 3 heteroatoms. The molecule has 1 rings (SSSR count). The highest BCUT2D eigenvalue weighted by molar-refractivity contribution is 9.10. The predicted molar refractivity (Wildman–Crippen MR) is 51.3 cm³/mol. The van der Waals surface area contributed by atoms with Gasteiger partial charge in [0.05, 0.1) is 6.07 Å². The Balaban J connectivity index is 3.07. The summed E-state index contributed by atoms with van der Waals surface area (Å²) < 4.78 is 0.986. The number of nitrogens with zero attached hydrogens (tertiary/aromatic N) is 1. The van der Waals surface area contributed by atoms with Crippen molar-refractivity contribution in [1.82, 2.24) is 0 Å². The third-order valence-electron chi connectivity index (χ3n) is 1.68. The van der Waals surface area contributed by atoms with E-state index in [-0.39, 0.29) is 0 Å². The first-order valence-corrected chi connectivity index (χ1v) is 4.32. The first-order valence-electron chi connectivity index (χ1n) is 3.52. The third-order valence-corrected chi connectivity index (χ3v) is 2.20. The van der Waals surface area contributed by atoms with Crippen molar-refractivity contribution < 1.29 is 0 Å². The molecule has 1 aromatic carbocycles. The monoisotopic (exact) mass is 224 g/mol. The van der Waals surface area contributed by atoms with Gasteiger partial charge in [0.15, 0.2) is 0 Å². The normalized spacial score (nSPS) is 14.8. The second-order valence-electron chi connectivity index (χ2n) is 2.82. The number of halogens is 1. The second-order valence-corrected chi connectivity index (χ2v) is 3.74. The molecule has 0 spiro atoms. The van der Waals surface area contributed by atoms with Gasteiger partial charge in [-0.1, -0.05) is 28.1 Å². The molecule has 0 heterocycles. The molecule has 2 N–H and O–H groups in total. The Morgan fingerprint density at radius 1 is 1.42 bits per heavy atom. The van der Waals surface area contributed by atoms with E-state index < -0.39 is 5.54 Å². The van der Waals surface area contributed by atoms with Crippen LogP contribution in [0.2, 0.25) is 0 Å². The maximum Gasteiger partial charge on any atom is 0.126 e. The Kier molecular flexibility index (Phi) is 2.51. The van der Waals surface area contributed by atoms with Crippen molar-refractivity contribution in [2.45, 2.75) is 12.5 Å². The lowest BCUT2D eigenvalue weighted by molar-refractivity contribution is 0.646. The first kappa shape index (κ1) is 9.24. The summed E-state index contributed by atoms with van der Waals surface area (Å²) in [5.41, 5.74) is 5.65. The maximum atomic E-state index is 8.73. The largest absolute Gasteiger partial charge is 0.310 e. The molecule has 0 aromatic heterocycles. The first-order chi connectivity index (χ1) is 5.56. The average molecular weight is 225 g/mol. The van der Waals surface area contributed by atoms with Crippen molar-refractivity contribution >= 4 is 15.9 Å². The van der Waals surface area contributed by atoms with Crippen LogP contribution in [0.5, 0.6) is 0 Å². The van der Waals surface area contributed by atoms with E-state index in [4.69, 9.17) is 11.0 Å². The number of hydrogen-bond acceptors (Lipinski definition) is 2. The standard InChI is InChI=1S/C9H9BrN2/c1-9(12,6-11)7-2-4-8(10)5-3-7/h2-5H,12H2,1H3. The second kappa shape index (κ2) is 3.26. The molecule has 1 unspecified atom stereocenters. The molecular formula is C9H9BrN2. The van der Waals surface area contributed by atoms with E-state index in [0.29, 0.717) is 0 Å². The minimum absolute atomic E-state index is 0.827. The summed E-state index contributed by atoms with van der Waals surface area (Å²) in [6.07, 6.45) is 0. The molecular weight excluding hydrogens is 216 g/mol. The van der Waals surface area contributed by atoms with Crippen LogP contribution in [-0.4, -0.2) is 0 Å². The molecule has 62 valence electrons. The van der Waals surface area contributed by atoms with Crippen molar-refractivity contribution in [3.05, 3.63) is 34.3 Å². The summed E-state index contributed by atoms with van der Waals surface area (Å²) in [6, 6.07) is 9.47. The fraction of sp³-hybridized carbons (Fsp3) is 0.222. The minimum Gasteiger partial charge on any atom is -0.310 e. The summed E-state index contributed by atoms with van der Waals surface area (Å²) in [6.45, 7) is 1.69. The van der Waals surface area contributed by atoms with Crippen molar-refractivity contribution in [1.29, 1.82) is 5.26 Å². The van der Waals surface area contributed by atoms with E-state index in [0.717, 1.165) is 10.0 Å². The molecule has 0 radical (unpaired) electrons. The average Bonchev–Trinajstić information content (AvgIpc) is 2.05. The Hall–Kier alpha value is -0.850. The van der Waals surface area contributed by atoms with Crippen LogP contribution in [-0.2, 0) is 5.54 Å². The van der Waals surface area contributed by atoms with Crippen molar-refractivity contribution in [3.63, 3.8) is 0 Å². The predicted octanol–water partition coefficient (Wildman–Crippen LogP) is 2.15. The smallest absolute Gasteiger partial charge is 0.126 e. The van der Waals surface area contributed by atoms with Crippen LogP contribution in [0, 0.1) is 11.3 Å². The summed E-state index contributed by atoms with van der Waals surface area (Å²) in [7, 11) is 0. The molecule has 0 fully saturated rings. The zero-order valence-corrected chi connectivity index (χ0v) is 8.30. The van der Waals surface area contributed by atoms with Gasteiger partial charge >= 0.3 is 0 Å². The summed E-state index contributed by atoms with van der Waals surface area (Å²) >= 11 is 3.31. The fourth-order valence-electron chi connectivity index (χ4n) is 0.861. The van der Waals surface area contributed by atoms with Gasteiger partial charge in [0.25, 0.3) is 0 Å². The summed E-state index contributed by atoms with van der Waals surface area (Å²) in [4.78, 5) is 0. The lowest BCUT2D eigenvalue weighted by Crippen LogP contribution is -2.30. The van der Waals surface area contributed by atoms with Gasteiger partial charge in [-0.05, 0) is 24.6 Å². The van der Waals surface area contributed by atoms with Crippen LogP contribution in [0.25, 0.3) is 0 Å². The fourth-order valence-corrected chi connectivity index (χ4v) is 1.12. The highest BCUT2D eigenvalue weighted by Crippen LogP contribution is 2.19. The van der Waals surface area contributed by atoms with Gasteiger partial charge in [-0.3, -0.25) is 0 Å². The van der Waals surface area contributed by atoms with Crippen LogP contribution in [0.3, 0.4) is 0 Å². The number of benzene rings is 1. The Morgan fingerprint density at radius 3 is 2.33 bits per heavy atom. The molecule has 0 aliphatic heterocycles. The number of nitrogens with two attached hydrogens (primary N) is 1. The summed E-state index contributed by atoms with van der Waals surface area (Å²) in [5, 5.41) is 8.73. The van der Waals surface area contributed by atoms with Gasteiger partial charge in [-0.2, -0.15) is 5.26 Å². The Bertz CT molecular complexity index is 308. The van der Waals surface area contributed by atoms with E-state index in [9.17, 15) is 0 Å². The van der Waals surface area contributed by atoms with Crippen LogP contribution < -0.4 is 5.73 Å². The van der Waals surface area contributed by atoms with Crippen LogP contribution in [0.4, 0.5) is 0 Å². The van der Waals surface area contributed by atoms with Gasteiger partial charge < -0.3 is 5.73 Å². The van der Waals surface area contributed by atoms with Crippen molar-refractivity contribution in [3.8, 4) is 6.07 Å². The molecule has 1 atom stereocenters. The van der Waals surface area contributed by atoms with Gasteiger partial charge in [-0.15, -0.1) is 0 Å². The third kappa shape index (κ3) is 1.84. The molecule has 2 nitrogen and oxygen atoms in total. The molecule has 0 aliphatic rings. The van der Waals surface area contributed by atoms with Crippen molar-refractivity contribution in [2.24, 2.45) is 5.73 Å². The molecule has 12 heavy (non-hydrogen) atoms. The zero-order chi connectivity index (χ0) is 9.19. The molecule has 0 aliphatic carbocycles. The van der Waals surface area contributed by atoms with Gasteiger partial charge in [0, 0.05) is 4.47 Å². The van der Waals surface area contributed by atoms with E-state index in [2.05, 4.69) is 15.9 Å². The van der Waals surface area contributed by atoms with E-state index in [1.54, 1.807) is 6.92 Å². The highest BCUT2D eigenvalue weighted by Gasteiger charge is 2.19. The molecule has 0 amide bonds. The Morgan fingerprint density at radius 2 is 1.92 bits per heavy atom. The minimum atomic E-state index is -0.888. The zero-order valence-electron chi connectivity index (χ0n) is 6.71. The lowest BCUT2D eigenvalue weighted by atomic mass is 9.95. The van der Waals surface area contributed by atoms with Gasteiger partial charge in [0.2, 0.25) is 0 Å². The molecule has 0 bridgehead atoms.